The molecule has 0 bridgehead atoms. The molecular formula is C24H29N3O2. The maximum absolute atomic E-state index is 12.4. The van der Waals surface area contributed by atoms with Crippen LogP contribution in [0.5, 0.6) is 0 Å². The first-order chi connectivity index (χ1) is 14.1. The van der Waals surface area contributed by atoms with E-state index in [4.69, 9.17) is 0 Å². The summed E-state index contributed by atoms with van der Waals surface area (Å²) >= 11 is 0. The second-order valence-electron chi connectivity index (χ2n) is 7.41. The molecule has 1 aliphatic rings. The van der Waals surface area contributed by atoms with Gasteiger partial charge in [-0.3, -0.25) is 9.59 Å². The summed E-state index contributed by atoms with van der Waals surface area (Å²) < 4.78 is 0. The van der Waals surface area contributed by atoms with Crippen LogP contribution in [0, 0.1) is 0 Å². The molecule has 0 aromatic heterocycles. The topological polar surface area (TPSA) is 61.4 Å². The van der Waals surface area contributed by atoms with Gasteiger partial charge in [-0.15, -0.1) is 0 Å². The Morgan fingerprint density at radius 1 is 0.931 bits per heavy atom. The van der Waals surface area contributed by atoms with E-state index in [1.54, 1.807) is 13.0 Å². The molecule has 5 heteroatoms. The Balaban J connectivity index is 1.49. The highest BCUT2D eigenvalue weighted by atomic mass is 16.2. The molecule has 1 fully saturated rings. The lowest BCUT2D eigenvalue weighted by atomic mass is 10.2. The van der Waals surface area contributed by atoms with E-state index in [9.17, 15) is 9.59 Å². The Labute approximate surface area is 172 Å². The first kappa shape index (κ1) is 20.6. The number of nitrogens with one attached hydrogen (secondary N) is 2. The molecule has 0 saturated carbocycles. The van der Waals surface area contributed by atoms with Crippen LogP contribution in [0.4, 0.5) is 11.4 Å². The molecule has 0 radical (unpaired) electrons. The highest BCUT2D eigenvalue weighted by molar-refractivity contribution is 5.99. The predicted molar refractivity (Wildman–Crippen MR) is 119 cm³/mol. The van der Waals surface area contributed by atoms with Crippen LogP contribution in [-0.2, 0) is 9.59 Å². The van der Waals surface area contributed by atoms with Gasteiger partial charge in [0.15, 0.2) is 0 Å². The molecule has 2 aromatic carbocycles. The number of hydrogen-bond acceptors (Lipinski definition) is 3. The summed E-state index contributed by atoms with van der Waals surface area (Å²) in [5.41, 5.74) is 2.86. The van der Waals surface area contributed by atoms with Crippen LogP contribution in [0.15, 0.2) is 60.7 Å². The van der Waals surface area contributed by atoms with Gasteiger partial charge in [0.05, 0.1) is 0 Å². The molecule has 2 N–H and O–H groups in total. The number of benzene rings is 2. The molecule has 1 heterocycles. The van der Waals surface area contributed by atoms with Crippen LogP contribution >= 0.6 is 0 Å². The van der Waals surface area contributed by atoms with Crippen LogP contribution in [0.2, 0.25) is 0 Å². The maximum atomic E-state index is 12.4. The first-order valence-electron chi connectivity index (χ1n) is 10.3. The fraction of sp³-hybridized carbons (Fsp3) is 0.333. The quantitative estimate of drug-likeness (QED) is 0.725. The van der Waals surface area contributed by atoms with Crippen molar-refractivity contribution in [2.24, 2.45) is 0 Å². The summed E-state index contributed by atoms with van der Waals surface area (Å²) in [6, 6.07) is 16.9. The number of carbonyl (C=O) groups excluding carboxylic acids is 2. The third-order valence-electron chi connectivity index (χ3n) is 5.08. The van der Waals surface area contributed by atoms with E-state index in [2.05, 4.69) is 15.5 Å². The van der Waals surface area contributed by atoms with Crippen molar-refractivity contribution >= 4 is 29.3 Å². The van der Waals surface area contributed by atoms with E-state index >= 15 is 0 Å². The van der Waals surface area contributed by atoms with E-state index < -0.39 is 6.04 Å². The summed E-state index contributed by atoms with van der Waals surface area (Å²) in [4.78, 5) is 26.8. The van der Waals surface area contributed by atoms with E-state index in [0.29, 0.717) is 0 Å². The minimum absolute atomic E-state index is 0.242. The summed E-state index contributed by atoms with van der Waals surface area (Å²) in [5.74, 6) is -0.540. The molecule has 0 spiro atoms. The molecule has 1 aliphatic heterocycles. The Morgan fingerprint density at radius 2 is 1.59 bits per heavy atom. The normalized spacial score (nSPS) is 15.6. The van der Waals surface area contributed by atoms with Crippen molar-refractivity contribution < 1.29 is 9.59 Å². The summed E-state index contributed by atoms with van der Waals surface area (Å²) in [7, 11) is 0. The van der Waals surface area contributed by atoms with Crippen LogP contribution in [-0.4, -0.2) is 30.9 Å². The lowest BCUT2D eigenvalue weighted by molar-refractivity contribution is -0.123. The molecule has 2 amide bonds. The van der Waals surface area contributed by atoms with Crippen molar-refractivity contribution in [1.82, 2.24) is 5.32 Å². The van der Waals surface area contributed by atoms with Crippen molar-refractivity contribution in [3.05, 3.63) is 66.2 Å². The average Bonchev–Trinajstić information content (AvgIpc) is 3.03. The van der Waals surface area contributed by atoms with Crippen LogP contribution in [0.1, 0.15) is 38.2 Å². The van der Waals surface area contributed by atoms with Gasteiger partial charge in [-0.2, -0.15) is 0 Å². The Kier molecular flexibility index (Phi) is 7.45. The third kappa shape index (κ3) is 6.49. The highest BCUT2D eigenvalue weighted by Crippen LogP contribution is 2.21. The monoisotopic (exact) mass is 391 g/mol. The zero-order valence-electron chi connectivity index (χ0n) is 16.9. The van der Waals surface area contributed by atoms with E-state index in [-0.39, 0.29) is 11.8 Å². The van der Waals surface area contributed by atoms with Gasteiger partial charge in [0.1, 0.15) is 6.04 Å². The molecule has 1 atom stereocenters. The second kappa shape index (κ2) is 10.5. The molecule has 0 aliphatic carbocycles. The molecule has 3 rings (SSSR count). The fourth-order valence-corrected chi connectivity index (χ4v) is 3.40. The Bertz CT molecular complexity index is 823. The molecule has 5 nitrogen and oxygen atoms in total. The lowest BCUT2D eigenvalue weighted by Crippen LogP contribution is -2.40. The number of rotatable bonds is 6. The highest BCUT2D eigenvalue weighted by Gasteiger charge is 2.15. The number of carbonyl (C=O) groups is 2. The van der Waals surface area contributed by atoms with Crippen molar-refractivity contribution in [3.8, 4) is 0 Å². The molecule has 2 aromatic rings. The maximum Gasteiger partial charge on any atom is 0.246 e. The van der Waals surface area contributed by atoms with Crippen LogP contribution in [0.3, 0.4) is 0 Å². The molecule has 1 saturated heterocycles. The van der Waals surface area contributed by atoms with Gasteiger partial charge < -0.3 is 15.5 Å². The van der Waals surface area contributed by atoms with Gasteiger partial charge in [-0.05, 0) is 55.7 Å². The molecule has 152 valence electrons. The zero-order valence-corrected chi connectivity index (χ0v) is 16.9. The number of hydrogen-bond donors (Lipinski definition) is 2. The average molecular weight is 392 g/mol. The van der Waals surface area contributed by atoms with Gasteiger partial charge in [0.25, 0.3) is 0 Å². The van der Waals surface area contributed by atoms with Gasteiger partial charge in [0, 0.05) is 30.5 Å². The number of nitrogens with zero attached hydrogens (tertiary/aromatic N) is 1. The molecule has 29 heavy (non-hydrogen) atoms. The minimum Gasteiger partial charge on any atom is -0.372 e. The van der Waals surface area contributed by atoms with Crippen molar-refractivity contribution in [1.29, 1.82) is 0 Å². The Morgan fingerprint density at radius 3 is 2.24 bits per heavy atom. The van der Waals surface area contributed by atoms with E-state index in [0.717, 1.165) is 24.3 Å². The van der Waals surface area contributed by atoms with Gasteiger partial charge >= 0.3 is 0 Å². The smallest absolute Gasteiger partial charge is 0.246 e. The summed E-state index contributed by atoms with van der Waals surface area (Å²) in [6.07, 6.45) is 8.23. The van der Waals surface area contributed by atoms with Crippen molar-refractivity contribution in [3.63, 3.8) is 0 Å². The summed E-state index contributed by atoms with van der Waals surface area (Å²) in [5, 5.41) is 5.56. The van der Waals surface area contributed by atoms with E-state index in [1.807, 2.05) is 54.6 Å². The largest absolute Gasteiger partial charge is 0.372 e. The lowest BCUT2D eigenvalue weighted by Gasteiger charge is -2.23. The number of amides is 2. The molecular weight excluding hydrogens is 362 g/mol. The standard InChI is InChI=1S/C24H29N3O2/c1-19(25-23(28)16-11-20-9-5-4-6-10-20)24(29)26-21-12-14-22(15-13-21)27-17-7-2-3-8-18-27/h4-6,9-16,19H,2-3,7-8,17-18H2,1H3,(H,25,28)(H,26,29)/b16-11+/t19-/m0/s1. The van der Waals surface area contributed by atoms with Crippen LogP contribution < -0.4 is 15.5 Å². The summed E-state index contributed by atoms with van der Waals surface area (Å²) in [6.45, 7) is 3.85. The minimum atomic E-state index is -0.631. The van der Waals surface area contributed by atoms with Gasteiger partial charge in [0.2, 0.25) is 11.8 Å². The Hall–Kier alpha value is -3.08. The molecule has 0 unspecified atom stereocenters. The number of anilines is 2. The van der Waals surface area contributed by atoms with Gasteiger partial charge in [-0.25, -0.2) is 0 Å². The SMILES string of the molecule is C[C@H](NC(=O)/C=C/c1ccccc1)C(=O)Nc1ccc(N2CCCCCC2)cc1. The van der Waals surface area contributed by atoms with Crippen molar-refractivity contribution in [2.75, 3.05) is 23.3 Å². The predicted octanol–water partition coefficient (Wildman–Crippen LogP) is 4.22. The van der Waals surface area contributed by atoms with Crippen LogP contribution in [0.25, 0.3) is 6.08 Å². The fourth-order valence-electron chi connectivity index (χ4n) is 3.40. The van der Waals surface area contributed by atoms with E-state index in [1.165, 1.54) is 37.4 Å². The second-order valence-corrected chi connectivity index (χ2v) is 7.41. The van der Waals surface area contributed by atoms with Gasteiger partial charge in [-0.1, -0.05) is 43.2 Å². The zero-order chi connectivity index (χ0) is 20.5. The third-order valence-corrected chi connectivity index (χ3v) is 5.08. The first-order valence-corrected chi connectivity index (χ1v) is 10.3. The van der Waals surface area contributed by atoms with Crippen molar-refractivity contribution in [2.45, 2.75) is 38.6 Å².